The second-order valence-corrected chi connectivity index (χ2v) is 4.73. The van der Waals surface area contributed by atoms with Crippen LogP contribution in [-0.2, 0) is 0 Å². The number of para-hydroxylation sites is 2. The minimum Gasteiger partial charge on any atom is -0.495 e. The molecule has 0 aromatic heterocycles. The van der Waals surface area contributed by atoms with E-state index in [4.69, 9.17) is 10.5 Å². The first-order valence-electron chi connectivity index (χ1n) is 6.47. The minimum atomic E-state index is -0.291. The van der Waals surface area contributed by atoms with Crippen LogP contribution in [0, 0.1) is 0 Å². The second-order valence-electron chi connectivity index (χ2n) is 4.73. The summed E-state index contributed by atoms with van der Waals surface area (Å²) in [5.74, 6) is 0.634. The van der Waals surface area contributed by atoms with Crippen molar-refractivity contribution in [1.29, 1.82) is 0 Å². The normalized spacial score (nSPS) is 13.5. The van der Waals surface area contributed by atoms with Crippen LogP contribution in [0.5, 0.6) is 5.75 Å². The van der Waals surface area contributed by atoms with Crippen molar-refractivity contribution in [1.82, 2.24) is 5.32 Å². The Morgan fingerprint density at radius 1 is 1.42 bits per heavy atom. The SMILES string of the molecule is CCC(C)(CCN)NC(=O)Nc1ccccc1OC. The lowest BCUT2D eigenvalue weighted by Crippen LogP contribution is -2.48. The van der Waals surface area contributed by atoms with Gasteiger partial charge in [0.05, 0.1) is 12.8 Å². The Labute approximate surface area is 114 Å². The maximum Gasteiger partial charge on any atom is 0.319 e. The van der Waals surface area contributed by atoms with Crippen LogP contribution >= 0.6 is 0 Å². The average Bonchev–Trinajstić information content (AvgIpc) is 2.39. The van der Waals surface area contributed by atoms with Gasteiger partial charge in [-0.05, 0) is 38.4 Å². The molecule has 5 heteroatoms. The Balaban J connectivity index is 2.69. The number of benzene rings is 1. The van der Waals surface area contributed by atoms with Gasteiger partial charge in [-0.15, -0.1) is 0 Å². The van der Waals surface area contributed by atoms with Gasteiger partial charge in [0, 0.05) is 5.54 Å². The maximum absolute atomic E-state index is 12.0. The fourth-order valence-electron chi connectivity index (χ4n) is 1.82. The number of rotatable bonds is 6. The monoisotopic (exact) mass is 265 g/mol. The molecule has 5 nitrogen and oxygen atoms in total. The van der Waals surface area contributed by atoms with E-state index in [9.17, 15) is 4.79 Å². The first-order chi connectivity index (χ1) is 9.04. The molecule has 0 spiro atoms. The zero-order chi connectivity index (χ0) is 14.3. The molecule has 1 atom stereocenters. The molecule has 0 heterocycles. The number of nitrogens with two attached hydrogens (primary N) is 1. The molecule has 0 aliphatic heterocycles. The molecule has 0 bridgehead atoms. The minimum absolute atomic E-state index is 0.248. The van der Waals surface area contributed by atoms with Crippen LogP contribution in [0.1, 0.15) is 26.7 Å². The number of urea groups is 1. The molecule has 0 aliphatic rings. The number of methoxy groups -OCH3 is 1. The van der Waals surface area contributed by atoms with Gasteiger partial charge in [0.1, 0.15) is 5.75 Å². The molecule has 1 unspecified atom stereocenters. The van der Waals surface area contributed by atoms with Crippen molar-refractivity contribution in [3.05, 3.63) is 24.3 Å². The van der Waals surface area contributed by atoms with E-state index < -0.39 is 0 Å². The largest absolute Gasteiger partial charge is 0.495 e. The second kappa shape index (κ2) is 6.99. The summed E-state index contributed by atoms with van der Waals surface area (Å²) in [6.45, 7) is 4.56. The van der Waals surface area contributed by atoms with Crippen LogP contribution in [0.3, 0.4) is 0 Å². The molecule has 2 amide bonds. The fraction of sp³-hybridized carbons (Fsp3) is 0.500. The van der Waals surface area contributed by atoms with Crippen LogP contribution in [-0.4, -0.2) is 25.2 Å². The van der Waals surface area contributed by atoms with Crippen molar-refractivity contribution in [3.63, 3.8) is 0 Å². The van der Waals surface area contributed by atoms with E-state index in [1.165, 1.54) is 0 Å². The molecule has 0 aliphatic carbocycles. The van der Waals surface area contributed by atoms with Crippen molar-refractivity contribution in [3.8, 4) is 5.75 Å². The van der Waals surface area contributed by atoms with Crippen LogP contribution in [0.4, 0.5) is 10.5 Å². The third kappa shape index (κ3) is 4.44. The Kier molecular flexibility index (Phi) is 5.63. The van der Waals surface area contributed by atoms with Gasteiger partial charge in [-0.2, -0.15) is 0 Å². The zero-order valence-electron chi connectivity index (χ0n) is 11.8. The van der Waals surface area contributed by atoms with E-state index in [2.05, 4.69) is 10.6 Å². The molecule has 0 saturated heterocycles. The molecule has 0 fully saturated rings. The van der Waals surface area contributed by atoms with Crippen LogP contribution in [0.15, 0.2) is 24.3 Å². The lowest BCUT2D eigenvalue weighted by molar-refractivity contribution is 0.235. The lowest BCUT2D eigenvalue weighted by Gasteiger charge is -2.29. The van der Waals surface area contributed by atoms with Gasteiger partial charge < -0.3 is 21.1 Å². The molecule has 1 aromatic rings. The smallest absolute Gasteiger partial charge is 0.319 e. The Hall–Kier alpha value is -1.75. The molecule has 19 heavy (non-hydrogen) atoms. The van der Waals surface area contributed by atoms with Gasteiger partial charge >= 0.3 is 6.03 Å². The predicted octanol–water partition coefficient (Wildman–Crippen LogP) is 2.33. The van der Waals surface area contributed by atoms with E-state index in [1.807, 2.05) is 26.0 Å². The third-order valence-corrected chi connectivity index (χ3v) is 3.25. The molecular formula is C14H23N3O2. The van der Waals surface area contributed by atoms with Crippen LogP contribution < -0.4 is 21.1 Å². The topological polar surface area (TPSA) is 76.4 Å². The number of amides is 2. The summed E-state index contributed by atoms with van der Waals surface area (Å²) in [5.41, 5.74) is 5.93. The first-order valence-corrected chi connectivity index (χ1v) is 6.47. The number of hydrogen-bond acceptors (Lipinski definition) is 3. The van der Waals surface area contributed by atoms with Gasteiger partial charge in [0.15, 0.2) is 0 Å². The molecule has 1 aromatic carbocycles. The predicted molar refractivity (Wildman–Crippen MR) is 77.5 cm³/mol. The summed E-state index contributed by atoms with van der Waals surface area (Å²) in [6, 6.07) is 7.05. The van der Waals surface area contributed by atoms with E-state index in [-0.39, 0.29) is 11.6 Å². The molecule has 4 N–H and O–H groups in total. The summed E-state index contributed by atoms with van der Waals surface area (Å²) in [7, 11) is 1.57. The number of carbonyl (C=O) groups is 1. The summed E-state index contributed by atoms with van der Waals surface area (Å²) in [6.07, 6.45) is 1.56. The summed E-state index contributed by atoms with van der Waals surface area (Å²) >= 11 is 0. The molecule has 1 rings (SSSR count). The quantitative estimate of drug-likeness (QED) is 0.739. The van der Waals surface area contributed by atoms with Crippen molar-refractivity contribution in [2.75, 3.05) is 19.0 Å². The third-order valence-electron chi connectivity index (χ3n) is 3.25. The number of nitrogens with one attached hydrogen (secondary N) is 2. The average molecular weight is 265 g/mol. The van der Waals surface area contributed by atoms with Gasteiger partial charge in [-0.1, -0.05) is 19.1 Å². The summed E-state index contributed by atoms with van der Waals surface area (Å²) in [5, 5.41) is 5.75. The van der Waals surface area contributed by atoms with E-state index in [0.717, 1.165) is 12.8 Å². The Morgan fingerprint density at radius 3 is 2.68 bits per heavy atom. The fourth-order valence-corrected chi connectivity index (χ4v) is 1.82. The number of carbonyl (C=O) groups excluding carboxylic acids is 1. The highest BCUT2D eigenvalue weighted by atomic mass is 16.5. The molecular weight excluding hydrogens is 242 g/mol. The van der Waals surface area contributed by atoms with Crippen LogP contribution in [0.2, 0.25) is 0 Å². The summed E-state index contributed by atoms with van der Waals surface area (Å²) in [4.78, 5) is 12.0. The summed E-state index contributed by atoms with van der Waals surface area (Å²) < 4.78 is 5.19. The maximum atomic E-state index is 12.0. The van der Waals surface area contributed by atoms with Crippen molar-refractivity contribution >= 4 is 11.7 Å². The van der Waals surface area contributed by atoms with Gasteiger partial charge in [0.25, 0.3) is 0 Å². The van der Waals surface area contributed by atoms with Crippen molar-refractivity contribution < 1.29 is 9.53 Å². The van der Waals surface area contributed by atoms with E-state index in [0.29, 0.717) is 18.0 Å². The highest BCUT2D eigenvalue weighted by Gasteiger charge is 2.23. The standard InChI is InChI=1S/C14H23N3O2/c1-4-14(2,9-10-15)17-13(18)16-11-7-5-6-8-12(11)19-3/h5-8H,4,9-10,15H2,1-3H3,(H2,16,17,18). The molecule has 0 saturated carbocycles. The molecule has 0 radical (unpaired) electrons. The van der Waals surface area contributed by atoms with Crippen LogP contribution in [0.25, 0.3) is 0 Å². The van der Waals surface area contributed by atoms with Gasteiger partial charge in [-0.25, -0.2) is 4.79 Å². The van der Waals surface area contributed by atoms with Gasteiger partial charge in [-0.3, -0.25) is 0 Å². The highest BCUT2D eigenvalue weighted by molar-refractivity contribution is 5.91. The first kappa shape index (κ1) is 15.3. The molecule has 106 valence electrons. The lowest BCUT2D eigenvalue weighted by atomic mass is 9.95. The van der Waals surface area contributed by atoms with Crippen molar-refractivity contribution in [2.24, 2.45) is 5.73 Å². The Bertz CT molecular complexity index is 423. The van der Waals surface area contributed by atoms with Crippen molar-refractivity contribution in [2.45, 2.75) is 32.2 Å². The van der Waals surface area contributed by atoms with E-state index >= 15 is 0 Å². The van der Waals surface area contributed by atoms with E-state index in [1.54, 1.807) is 19.2 Å². The zero-order valence-corrected chi connectivity index (χ0v) is 11.8. The number of ether oxygens (including phenoxy) is 1. The number of anilines is 1. The Morgan fingerprint density at radius 2 is 2.11 bits per heavy atom. The highest BCUT2D eigenvalue weighted by Crippen LogP contribution is 2.23. The van der Waals surface area contributed by atoms with Gasteiger partial charge in [0.2, 0.25) is 0 Å². The number of hydrogen-bond donors (Lipinski definition) is 3.